The Morgan fingerprint density at radius 3 is 2.62 bits per heavy atom. The van der Waals surface area contributed by atoms with Crippen molar-refractivity contribution < 1.29 is 27.8 Å². The van der Waals surface area contributed by atoms with Crippen molar-refractivity contribution in [2.24, 2.45) is 0 Å². The van der Waals surface area contributed by atoms with Gasteiger partial charge >= 0.3 is 0 Å². The lowest BCUT2D eigenvalue weighted by atomic mass is 10.0. The van der Waals surface area contributed by atoms with Crippen molar-refractivity contribution >= 4 is 28.5 Å². The van der Waals surface area contributed by atoms with Crippen LogP contribution >= 0.6 is 0 Å². The Labute approximate surface area is 210 Å². The molecule has 0 unspecified atom stereocenters. The molecule has 1 aliphatic rings. The number of carbonyl (C=O) groups is 1. The maximum absolute atomic E-state index is 15.3. The largest absolute Gasteiger partial charge is 0.494 e. The SMILES string of the molecule is C=CC(=O)N[C@H]1CCOC[C@H]1Nc1ncc2cc(-c3c(F)c(OC)cc(OC)c3F)c3nccn3c2n1. The zero-order valence-corrected chi connectivity index (χ0v) is 20.1. The molecule has 5 rings (SSSR count). The van der Waals surface area contributed by atoms with Crippen molar-refractivity contribution in [3.8, 4) is 22.6 Å². The molecule has 192 valence electrons. The van der Waals surface area contributed by atoms with Crippen LogP contribution in [0.3, 0.4) is 0 Å². The molecule has 0 bridgehead atoms. The Morgan fingerprint density at radius 2 is 1.92 bits per heavy atom. The van der Waals surface area contributed by atoms with Crippen LogP contribution in [-0.4, -0.2) is 64.8 Å². The summed E-state index contributed by atoms with van der Waals surface area (Å²) in [5.74, 6) is -2.07. The third-order valence-corrected chi connectivity index (χ3v) is 6.23. The van der Waals surface area contributed by atoms with E-state index in [1.54, 1.807) is 22.9 Å². The molecule has 1 amide bonds. The first kappa shape index (κ1) is 24.4. The zero-order chi connectivity index (χ0) is 26.1. The van der Waals surface area contributed by atoms with Crippen molar-refractivity contribution in [1.82, 2.24) is 24.7 Å². The van der Waals surface area contributed by atoms with Crippen LogP contribution in [0.25, 0.3) is 27.8 Å². The molecule has 2 atom stereocenters. The highest BCUT2D eigenvalue weighted by Gasteiger charge is 2.28. The normalized spacial score (nSPS) is 17.5. The molecule has 4 aromatic rings. The molecule has 37 heavy (non-hydrogen) atoms. The molecule has 12 heteroatoms. The van der Waals surface area contributed by atoms with Gasteiger partial charge in [-0.15, -0.1) is 0 Å². The minimum atomic E-state index is -0.880. The molecule has 0 saturated carbocycles. The van der Waals surface area contributed by atoms with Crippen molar-refractivity contribution in [2.75, 3.05) is 32.8 Å². The minimum Gasteiger partial charge on any atom is -0.494 e. The lowest BCUT2D eigenvalue weighted by Crippen LogP contribution is -2.52. The number of amides is 1. The van der Waals surface area contributed by atoms with Gasteiger partial charge in [-0.1, -0.05) is 6.58 Å². The second-order valence-corrected chi connectivity index (χ2v) is 8.37. The summed E-state index contributed by atoms with van der Waals surface area (Å²) in [5, 5.41) is 6.63. The number of pyridine rings is 1. The number of methoxy groups -OCH3 is 2. The first-order valence-corrected chi connectivity index (χ1v) is 11.5. The van der Waals surface area contributed by atoms with Gasteiger partial charge in [0.1, 0.15) is 5.65 Å². The van der Waals surface area contributed by atoms with E-state index in [4.69, 9.17) is 14.2 Å². The van der Waals surface area contributed by atoms with E-state index in [0.717, 1.165) is 6.07 Å². The molecule has 1 aliphatic heterocycles. The fraction of sp³-hybridized carbons (Fsp3) is 0.280. The van der Waals surface area contributed by atoms with Gasteiger partial charge in [-0.25, -0.2) is 18.7 Å². The first-order valence-electron chi connectivity index (χ1n) is 11.5. The van der Waals surface area contributed by atoms with Crippen LogP contribution in [0.5, 0.6) is 11.5 Å². The Hall–Kier alpha value is -4.32. The Kier molecular flexibility index (Phi) is 6.57. The molecule has 3 aromatic heterocycles. The fourth-order valence-corrected chi connectivity index (χ4v) is 4.41. The van der Waals surface area contributed by atoms with Gasteiger partial charge in [0.05, 0.1) is 38.5 Å². The molecule has 1 fully saturated rings. The van der Waals surface area contributed by atoms with Crippen molar-refractivity contribution in [3.05, 3.63) is 55.0 Å². The highest BCUT2D eigenvalue weighted by atomic mass is 19.1. The number of nitrogens with zero attached hydrogens (tertiary/aromatic N) is 4. The first-order chi connectivity index (χ1) is 17.9. The third kappa shape index (κ3) is 4.40. The summed E-state index contributed by atoms with van der Waals surface area (Å²) in [7, 11) is 2.58. The number of carbonyl (C=O) groups excluding carboxylic acids is 1. The van der Waals surface area contributed by atoms with E-state index in [2.05, 4.69) is 32.2 Å². The molecule has 1 aromatic carbocycles. The molecule has 2 N–H and O–H groups in total. The lowest BCUT2D eigenvalue weighted by molar-refractivity contribution is -0.117. The lowest BCUT2D eigenvalue weighted by Gasteiger charge is -2.32. The molecule has 0 spiro atoms. The molecule has 0 aliphatic carbocycles. The second-order valence-electron chi connectivity index (χ2n) is 8.37. The van der Waals surface area contributed by atoms with Crippen LogP contribution in [-0.2, 0) is 9.53 Å². The zero-order valence-electron chi connectivity index (χ0n) is 20.1. The molecular weight excluding hydrogens is 486 g/mol. The second kappa shape index (κ2) is 9.97. The van der Waals surface area contributed by atoms with Gasteiger partial charge in [0.25, 0.3) is 0 Å². The van der Waals surface area contributed by atoms with Crippen molar-refractivity contribution in [1.29, 1.82) is 0 Å². The molecule has 1 saturated heterocycles. The number of hydrogen-bond donors (Lipinski definition) is 2. The van der Waals surface area contributed by atoms with E-state index in [1.807, 2.05) is 0 Å². The van der Waals surface area contributed by atoms with E-state index in [9.17, 15) is 4.79 Å². The molecular formula is C25H24F2N6O4. The summed E-state index contributed by atoms with van der Waals surface area (Å²) in [6.45, 7) is 4.35. The maximum Gasteiger partial charge on any atom is 0.243 e. The topological polar surface area (TPSA) is 112 Å². The van der Waals surface area contributed by atoms with Gasteiger partial charge in [0.15, 0.2) is 28.8 Å². The average molecular weight is 511 g/mol. The van der Waals surface area contributed by atoms with E-state index in [1.165, 1.54) is 26.5 Å². The number of halogens is 2. The average Bonchev–Trinajstić information content (AvgIpc) is 3.41. The van der Waals surface area contributed by atoms with Crippen molar-refractivity contribution in [2.45, 2.75) is 18.5 Å². The van der Waals surface area contributed by atoms with Crippen molar-refractivity contribution in [3.63, 3.8) is 0 Å². The summed E-state index contributed by atoms with van der Waals surface area (Å²) < 4.78 is 48.0. The molecule has 10 nitrogen and oxygen atoms in total. The number of benzene rings is 1. The number of nitrogens with one attached hydrogen (secondary N) is 2. The van der Waals surface area contributed by atoms with Crippen LogP contribution in [0, 0.1) is 11.6 Å². The van der Waals surface area contributed by atoms with E-state index in [0.29, 0.717) is 36.6 Å². The molecule has 0 radical (unpaired) electrons. The van der Waals surface area contributed by atoms with Gasteiger partial charge in [-0.2, -0.15) is 4.98 Å². The third-order valence-electron chi connectivity index (χ3n) is 6.23. The van der Waals surface area contributed by atoms with Gasteiger partial charge in [0.2, 0.25) is 11.9 Å². The fourth-order valence-electron chi connectivity index (χ4n) is 4.41. The smallest absolute Gasteiger partial charge is 0.243 e. The Bertz CT molecular complexity index is 1480. The number of hydrogen-bond acceptors (Lipinski definition) is 8. The van der Waals surface area contributed by atoms with Crippen LogP contribution in [0.2, 0.25) is 0 Å². The van der Waals surface area contributed by atoms with Crippen LogP contribution in [0.1, 0.15) is 6.42 Å². The number of fused-ring (bicyclic) bond motifs is 3. The highest BCUT2D eigenvalue weighted by Crippen LogP contribution is 2.40. The highest BCUT2D eigenvalue weighted by molar-refractivity contribution is 5.91. The standard InChI is InChI=1S/C25H24F2N6O4/c1-4-19(34)30-15-5-8-37-12-16(15)31-25-29-11-13-9-14(24-28-6-7-33(24)23(13)32-25)20-21(26)17(35-2)10-18(36-3)22(20)27/h4,6-7,9-11,15-16H,1,5,8,12H2,2-3H3,(H,30,34)(H,29,31,32)/t15-,16+/m0/s1. The van der Waals surface area contributed by atoms with Crippen LogP contribution in [0.15, 0.2) is 43.4 Å². The number of rotatable bonds is 7. The quantitative estimate of drug-likeness (QED) is 0.365. The Morgan fingerprint density at radius 1 is 1.16 bits per heavy atom. The number of anilines is 1. The summed E-state index contributed by atoms with van der Waals surface area (Å²) in [6, 6.07) is 2.24. The van der Waals surface area contributed by atoms with Gasteiger partial charge in [-0.05, 0) is 18.6 Å². The van der Waals surface area contributed by atoms with Crippen LogP contribution in [0.4, 0.5) is 14.7 Å². The van der Waals surface area contributed by atoms with E-state index in [-0.39, 0.29) is 46.3 Å². The van der Waals surface area contributed by atoms with Gasteiger partial charge in [-0.3, -0.25) is 9.20 Å². The van der Waals surface area contributed by atoms with E-state index >= 15 is 8.78 Å². The summed E-state index contributed by atoms with van der Waals surface area (Å²) in [5.41, 5.74) is 0.591. The van der Waals surface area contributed by atoms with E-state index < -0.39 is 11.6 Å². The minimum absolute atomic E-state index is 0.165. The summed E-state index contributed by atoms with van der Waals surface area (Å²) >= 11 is 0. The van der Waals surface area contributed by atoms with Crippen LogP contribution < -0.4 is 20.1 Å². The van der Waals surface area contributed by atoms with Gasteiger partial charge in [0, 0.05) is 42.2 Å². The maximum atomic E-state index is 15.3. The van der Waals surface area contributed by atoms with Gasteiger partial charge < -0.3 is 24.8 Å². The summed E-state index contributed by atoms with van der Waals surface area (Å²) in [6.07, 6.45) is 6.53. The molecule has 4 heterocycles. The summed E-state index contributed by atoms with van der Waals surface area (Å²) in [4.78, 5) is 25.2. The predicted molar refractivity (Wildman–Crippen MR) is 132 cm³/mol. The number of aromatic nitrogens is 4. The number of ether oxygens (including phenoxy) is 3. The number of imidazole rings is 1. The Balaban J connectivity index is 1.58. The predicted octanol–water partition coefficient (Wildman–Crippen LogP) is 3.11. The monoisotopic (exact) mass is 510 g/mol.